The maximum atomic E-state index is 12.0. The number of benzene rings is 1. The molecule has 10 heteroatoms. The molecule has 0 heterocycles. The Balaban J connectivity index is 3.15. The summed E-state index contributed by atoms with van der Waals surface area (Å²) < 4.78 is 26.2. The van der Waals surface area contributed by atoms with Crippen molar-refractivity contribution in [3.63, 3.8) is 0 Å². The minimum Gasteiger partial charge on any atom is -0.324 e. The van der Waals surface area contributed by atoms with Gasteiger partial charge in [-0.05, 0) is 18.4 Å². The van der Waals surface area contributed by atoms with E-state index in [1.165, 1.54) is 17.8 Å². The highest BCUT2D eigenvalue weighted by Gasteiger charge is 2.25. The maximum absolute atomic E-state index is 12.0. The van der Waals surface area contributed by atoms with Crippen LogP contribution in [0.5, 0.6) is 0 Å². The summed E-state index contributed by atoms with van der Waals surface area (Å²) in [6.07, 6.45) is 1.83. The van der Waals surface area contributed by atoms with Crippen LogP contribution in [0.25, 0.3) is 0 Å². The Kier molecular flexibility index (Phi) is 5.54. The van der Waals surface area contributed by atoms with Gasteiger partial charge in [0, 0.05) is 18.4 Å². The molecule has 1 rings (SSSR count). The first-order valence-corrected chi connectivity index (χ1v) is 8.03. The van der Waals surface area contributed by atoms with Crippen molar-refractivity contribution >= 4 is 33.2 Å². The van der Waals surface area contributed by atoms with Gasteiger partial charge in [-0.1, -0.05) is 0 Å². The molecule has 1 aromatic carbocycles. The summed E-state index contributed by atoms with van der Waals surface area (Å²) in [6.45, 7) is 0.206. The summed E-state index contributed by atoms with van der Waals surface area (Å²) in [4.78, 5) is 9.77. The van der Waals surface area contributed by atoms with Gasteiger partial charge in [-0.15, -0.1) is 0 Å². The Morgan fingerprint density at radius 2 is 2.16 bits per heavy atom. The van der Waals surface area contributed by atoms with Crippen molar-refractivity contribution in [2.45, 2.75) is 4.90 Å². The van der Waals surface area contributed by atoms with Gasteiger partial charge in [-0.3, -0.25) is 16.0 Å². The summed E-state index contributed by atoms with van der Waals surface area (Å²) in [5.41, 5.74) is 1.97. The van der Waals surface area contributed by atoms with Crippen molar-refractivity contribution < 1.29 is 13.3 Å². The van der Waals surface area contributed by atoms with Crippen molar-refractivity contribution in [2.75, 3.05) is 24.0 Å². The van der Waals surface area contributed by atoms with Crippen LogP contribution in [0, 0.1) is 10.1 Å². The van der Waals surface area contributed by atoms with E-state index in [1.807, 2.05) is 6.26 Å². The van der Waals surface area contributed by atoms with Crippen molar-refractivity contribution in [1.82, 2.24) is 4.72 Å². The van der Waals surface area contributed by atoms with Crippen molar-refractivity contribution in [3.8, 4) is 0 Å². The lowest BCUT2D eigenvalue weighted by atomic mass is 10.3. The number of hydrazine groups is 1. The second-order valence-corrected chi connectivity index (χ2v) is 6.20. The third-order valence-electron chi connectivity index (χ3n) is 2.21. The summed E-state index contributed by atoms with van der Waals surface area (Å²) in [5, 5.41) is 10.9. The molecule has 0 aliphatic carbocycles. The molecular weight excluding hydrogens is 292 g/mol. The Hall–Kier alpha value is -1.36. The highest BCUT2D eigenvalue weighted by Crippen LogP contribution is 2.26. The number of nitrogens with zero attached hydrogens (tertiary/aromatic N) is 1. The van der Waals surface area contributed by atoms with Gasteiger partial charge in [0.1, 0.15) is 0 Å². The fourth-order valence-corrected chi connectivity index (χ4v) is 2.95. The van der Waals surface area contributed by atoms with Crippen molar-refractivity contribution in [3.05, 3.63) is 28.3 Å². The van der Waals surface area contributed by atoms with Gasteiger partial charge in [0.2, 0.25) is 10.0 Å². The molecule has 0 unspecified atom stereocenters. The van der Waals surface area contributed by atoms with Crippen LogP contribution in [-0.2, 0) is 10.0 Å². The van der Waals surface area contributed by atoms with Crippen LogP contribution < -0.4 is 16.0 Å². The van der Waals surface area contributed by atoms with Gasteiger partial charge in [0.05, 0.1) is 10.6 Å². The Morgan fingerprint density at radius 1 is 1.47 bits per heavy atom. The minimum atomic E-state index is -3.91. The van der Waals surface area contributed by atoms with Crippen LogP contribution >= 0.6 is 11.8 Å². The fourth-order valence-electron chi connectivity index (χ4n) is 1.33. The lowest BCUT2D eigenvalue weighted by Gasteiger charge is -2.08. The summed E-state index contributed by atoms with van der Waals surface area (Å²) in [5.74, 6) is 5.71. The average Bonchev–Trinajstić information content (AvgIpc) is 2.38. The molecular formula is C9H14N4O4S2. The molecule has 0 amide bonds. The number of sulfonamides is 1. The summed E-state index contributed by atoms with van der Waals surface area (Å²) >= 11 is 1.47. The number of thioether (sulfide) groups is 1. The van der Waals surface area contributed by atoms with Gasteiger partial charge in [0.25, 0.3) is 5.69 Å². The van der Waals surface area contributed by atoms with Crippen LogP contribution in [0.15, 0.2) is 23.1 Å². The predicted molar refractivity (Wildman–Crippen MR) is 74.5 cm³/mol. The molecule has 1 aromatic rings. The number of nitrogen functional groups attached to an aromatic ring is 1. The van der Waals surface area contributed by atoms with Crippen LogP contribution in [0.3, 0.4) is 0 Å². The SMILES string of the molecule is CSCCNS(=O)(=O)c1ccc(NN)cc1[N+](=O)[O-]. The molecule has 0 saturated carbocycles. The van der Waals surface area contributed by atoms with Crippen molar-refractivity contribution in [1.29, 1.82) is 0 Å². The largest absolute Gasteiger partial charge is 0.324 e. The van der Waals surface area contributed by atoms with Crippen molar-refractivity contribution in [2.24, 2.45) is 5.84 Å². The van der Waals surface area contributed by atoms with E-state index in [-0.39, 0.29) is 17.1 Å². The lowest BCUT2D eigenvalue weighted by Crippen LogP contribution is -2.26. The first-order valence-electron chi connectivity index (χ1n) is 5.16. The average molecular weight is 306 g/mol. The van der Waals surface area contributed by atoms with E-state index in [4.69, 9.17) is 5.84 Å². The molecule has 0 fully saturated rings. The topological polar surface area (TPSA) is 127 Å². The molecule has 0 aliphatic heterocycles. The number of hydrogen-bond donors (Lipinski definition) is 3. The molecule has 0 radical (unpaired) electrons. The number of nitro groups is 1. The third-order valence-corrected chi connectivity index (χ3v) is 4.33. The highest BCUT2D eigenvalue weighted by atomic mass is 32.2. The van der Waals surface area contributed by atoms with E-state index in [0.717, 1.165) is 12.1 Å². The van der Waals surface area contributed by atoms with Gasteiger partial charge in [-0.25, -0.2) is 13.1 Å². The fraction of sp³-hybridized carbons (Fsp3) is 0.333. The van der Waals surface area contributed by atoms with Crippen LogP contribution in [-0.4, -0.2) is 31.9 Å². The normalized spacial score (nSPS) is 11.3. The number of nitro benzene ring substituents is 1. The van der Waals surface area contributed by atoms with Gasteiger partial charge < -0.3 is 5.43 Å². The van der Waals surface area contributed by atoms with Crippen LogP contribution in [0.1, 0.15) is 0 Å². The van der Waals surface area contributed by atoms with Crippen LogP contribution in [0.4, 0.5) is 11.4 Å². The number of nitrogens with one attached hydrogen (secondary N) is 2. The molecule has 0 aromatic heterocycles. The number of rotatable bonds is 7. The zero-order valence-corrected chi connectivity index (χ0v) is 11.8. The van der Waals surface area contributed by atoms with E-state index < -0.39 is 20.6 Å². The second-order valence-electron chi connectivity index (χ2n) is 3.47. The third kappa shape index (κ3) is 4.06. The van der Waals surface area contributed by atoms with E-state index in [2.05, 4.69) is 10.1 Å². The van der Waals surface area contributed by atoms with E-state index in [1.54, 1.807) is 0 Å². The number of hydrogen-bond acceptors (Lipinski definition) is 7. The predicted octanol–water partition coefficient (Wildman–Crippen LogP) is 0.522. The van der Waals surface area contributed by atoms with E-state index in [0.29, 0.717) is 5.75 Å². The zero-order chi connectivity index (χ0) is 14.5. The zero-order valence-electron chi connectivity index (χ0n) is 10.1. The Morgan fingerprint density at radius 3 is 2.68 bits per heavy atom. The Labute approximate surface area is 114 Å². The summed E-state index contributed by atoms with van der Waals surface area (Å²) in [6, 6.07) is 3.58. The molecule has 0 saturated heterocycles. The molecule has 19 heavy (non-hydrogen) atoms. The van der Waals surface area contributed by atoms with E-state index >= 15 is 0 Å². The number of nitrogens with two attached hydrogens (primary N) is 1. The molecule has 0 spiro atoms. The van der Waals surface area contributed by atoms with Gasteiger partial charge >= 0.3 is 0 Å². The quantitative estimate of drug-likeness (QED) is 0.290. The highest BCUT2D eigenvalue weighted by molar-refractivity contribution is 7.98. The van der Waals surface area contributed by atoms with Crippen LogP contribution in [0.2, 0.25) is 0 Å². The number of anilines is 1. The standard InChI is InChI=1S/C9H14N4O4S2/c1-18-5-4-11-19(16,17)9-3-2-7(12-10)6-8(9)13(14)15/h2-3,6,11-12H,4-5,10H2,1H3. The molecule has 8 nitrogen and oxygen atoms in total. The molecule has 0 atom stereocenters. The maximum Gasteiger partial charge on any atom is 0.291 e. The second kappa shape index (κ2) is 6.70. The Bertz CT molecular complexity index is 561. The van der Waals surface area contributed by atoms with E-state index in [9.17, 15) is 18.5 Å². The molecule has 0 bridgehead atoms. The lowest BCUT2D eigenvalue weighted by molar-refractivity contribution is -0.387. The van der Waals surface area contributed by atoms with Gasteiger partial charge in [0.15, 0.2) is 4.90 Å². The smallest absolute Gasteiger partial charge is 0.291 e. The molecule has 106 valence electrons. The monoisotopic (exact) mass is 306 g/mol. The first kappa shape index (κ1) is 15.7. The first-order chi connectivity index (χ1) is 8.92. The molecule has 0 aliphatic rings. The molecule has 4 N–H and O–H groups in total. The minimum absolute atomic E-state index is 0.206. The summed E-state index contributed by atoms with van der Waals surface area (Å²) in [7, 11) is -3.91. The van der Waals surface area contributed by atoms with Gasteiger partial charge in [-0.2, -0.15) is 11.8 Å².